The van der Waals surface area contributed by atoms with Crippen LogP contribution >= 0.6 is 23.4 Å². The molecule has 1 fully saturated rings. The number of carbonyl (C=O) groups excluding carboxylic acids is 1. The first kappa shape index (κ1) is 20.9. The average molecular weight is 456 g/mol. The van der Waals surface area contributed by atoms with Crippen LogP contribution in [0.1, 0.15) is 16.9 Å². The second-order valence-corrected chi connectivity index (χ2v) is 7.88. The van der Waals surface area contributed by atoms with E-state index in [1.807, 2.05) is 0 Å². The highest BCUT2D eigenvalue weighted by Crippen LogP contribution is 2.35. The van der Waals surface area contributed by atoms with Gasteiger partial charge in [-0.25, -0.2) is 4.39 Å². The number of phenols is 1. The van der Waals surface area contributed by atoms with E-state index in [0.717, 1.165) is 11.8 Å². The maximum Gasteiger partial charge on any atom is 0.267 e. The molecule has 0 aliphatic carbocycles. The Morgan fingerprint density at radius 1 is 1.16 bits per heavy atom. The summed E-state index contributed by atoms with van der Waals surface area (Å²) < 4.78 is 19.1. The third-order valence-electron chi connectivity index (χ3n) is 4.30. The molecule has 0 saturated carbocycles. The number of hydrogen-bond donors (Lipinski definition) is 1. The van der Waals surface area contributed by atoms with Gasteiger partial charge in [-0.2, -0.15) is 5.10 Å². The summed E-state index contributed by atoms with van der Waals surface area (Å²) in [5.41, 5.74) is 0.677. The molecular weight excluding hydrogens is 441 g/mol. The van der Waals surface area contributed by atoms with Crippen LogP contribution in [-0.4, -0.2) is 27.3 Å². The number of amidine groups is 1. The van der Waals surface area contributed by atoms with Gasteiger partial charge in [0.15, 0.2) is 5.17 Å². The molecule has 6 nitrogen and oxygen atoms in total. The van der Waals surface area contributed by atoms with Crippen molar-refractivity contribution in [2.75, 3.05) is 0 Å². The van der Waals surface area contributed by atoms with Gasteiger partial charge in [-0.05, 0) is 54.2 Å². The van der Waals surface area contributed by atoms with Gasteiger partial charge in [-0.3, -0.25) is 9.69 Å². The molecule has 2 aromatic carbocycles. The second kappa shape index (κ2) is 9.20. The Morgan fingerprint density at radius 3 is 2.77 bits per heavy atom. The highest BCUT2D eigenvalue weighted by molar-refractivity contribution is 8.18. The minimum Gasteiger partial charge on any atom is -0.507 e. The normalized spacial score (nSPS) is 16.8. The van der Waals surface area contributed by atoms with Crippen molar-refractivity contribution in [3.05, 3.63) is 93.5 Å². The van der Waals surface area contributed by atoms with Crippen LogP contribution in [0.2, 0.25) is 5.02 Å². The molecule has 0 atom stereocenters. The molecule has 0 radical (unpaired) electrons. The Bertz CT molecular complexity index is 1210. The largest absolute Gasteiger partial charge is 0.507 e. The van der Waals surface area contributed by atoms with Crippen LogP contribution in [0.15, 0.2) is 80.4 Å². The lowest BCUT2D eigenvalue weighted by atomic mass is 10.2. The van der Waals surface area contributed by atoms with Gasteiger partial charge in [-0.15, -0.1) is 5.10 Å². The molecule has 0 unspecified atom stereocenters. The molecular formula is C22H15ClFN3O3S. The standard InChI is InChI=1S/C22H15ClFN3O3S/c23-16-7-8-19(28)15(10-16)11-20-21(29)27(13-17-5-3-9-30-17)22(31-20)26-25-12-14-4-1-2-6-18(14)24/h1-12,28H,13H2/b20-11-,25-12+,26-22-. The molecule has 3 aromatic rings. The molecule has 4 rings (SSSR count). The van der Waals surface area contributed by atoms with E-state index in [1.165, 1.54) is 35.6 Å². The van der Waals surface area contributed by atoms with Gasteiger partial charge in [0, 0.05) is 16.1 Å². The van der Waals surface area contributed by atoms with Crippen LogP contribution in [0.3, 0.4) is 0 Å². The van der Waals surface area contributed by atoms with Gasteiger partial charge >= 0.3 is 0 Å². The molecule has 1 N–H and O–H groups in total. The fraction of sp³-hybridized carbons (Fsp3) is 0.0455. The zero-order chi connectivity index (χ0) is 21.8. The Morgan fingerprint density at radius 2 is 2.00 bits per heavy atom. The summed E-state index contributed by atoms with van der Waals surface area (Å²) in [4.78, 5) is 14.7. The quantitative estimate of drug-likeness (QED) is 0.322. The topological polar surface area (TPSA) is 78.4 Å². The molecule has 0 bridgehead atoms. The number of thioether (sulfide) groups is 1. The maximum absolute atomic E-state index is 13.8. The molecule has 1 aliphatic heterocycles. The monoisotopic (exact) mass is 455 g/mol. The molecule has 1 aromatic heterocycles. The molecule has 0 spiro atoms. The number of halogens is 2. The molecule has 1 amide bonds. The molecule has 9 heteroatoms. The van der Waals surface area contributed by atoms with Gasteiger partial charge in [0.05, 0.1) is 23.9 Å². The van der Waals surface area contributed by atoms with Crippen molar-refractivity contribution in [3.8, 4) is 5.75 Å². The highest BCUT2D eigenvalue weighted by Gasteiger charge is 2.34. The van der Waals surface area contributed by atoms with Gasteiger partial charge in [0.2, 0.25) is 0 Å². The molecule has 1 saturated heterocycles. The minimum atomic E-state index is -0.425. The summed E-state index contributed by atoms with van der Waals surface area (Å²) in [6.07, 6.45) is 4.33. The predicted octanol–water partition coefficient (Wildman–Crippen LogP) is 5.28. The predicted molar refractivity (Wildman–Crippen MR) is 119 cm³/mol. The van der Waals surface area contributed by atoms with Crippen LogP contribution in [-0.2, 0) is 11.3 Å². The Labute approximate surface area is 186 Å². The molecule has 1 aliphatic rings. The summed E-state index contributed by atoms with van der Waals surface area (Å²) in [5, 5.41) is 18.9. The lowest BCUT2D eigenvalue weighted by Crippen LogP contribution is -2.28. The van der Waals surface area contributed by atoms with E-state index >= 15 is 0 Å². The number of carbonyl (C=O) groups is 1. The SMILES string of the molecule is O=C1/C(=C/c2cc(Cl)ccc2O)S/C(=N\N=C\c2ccccc2F)N1Cc1ccco1. The Balaban J connectivity index is 1.66. The smallest absolute Gasteiger partial charge is 0.267 e. The Kier molecular flexibility index (Phi) is 6.20. The van der Waals surface area contributed by atoms with Crippen LogP contribution < -0.4 is 0 Å². The van der Waals surface area contributed by atoms with Crippen molar-refractivity contribution >= 4 is 46.7 Å². The van der Waals surface area contributed by atoms with Crippen LogP contribution in [0.5, 0.6) is 5.75 Å². The Hall–Kier alpha value is -3.36. The third kappa shape index (κ3) is 4.87. The van der Waals surface area contributed by atoms with E-state index in [0.29, 0.717) is 26.4 Å². The van der Waals surface area contributed by atoms with Crippen molar-refractivity contribution in [1.82, 2.24) is 4.90 Å². The maximum atomic E-state index is 13.8. The van der Waals surface area contributed by atoms with Crippen molar-refractivity contribution in [1.29, 1.82) is 0 Å². The first-order chi connectivity index (χ1) is 15.0. The summed E-state index contributed by atoms with van der Waals surface area (Å²) >= 11 is 7.08. The zero-order valence-electron chi connectivity index (χ0n) is 15.9. The number of phenolic OH excluding ortho intramolecular Hbond substituents is 1. The average Bonchev–Trinajstić information content (AvgIpc) is 3.36. The number of rotatable bonds is 5. The summed E-state index contributed by atoms with van der Waals surface area (Å²) in [6.45, 7) is 0.145. The summed E-state index contributed by atoms with van der Waals surface area (Å²) in [6, 6.07) is 14.2. The fourth-order valence-corrected chi connectivity index (χ4v) is 3.89. The number of furan rings is 1. The van der Waals surface area contributed by atoms with Gasteiger partial charge < -0.3 is 9.52 Å². The first-order valence-corrected chi connectivity index (χ1v) is 10.3. The van der Waals surface area contributed by atoms with Crippen LogP contribution in [0.25, 0.3) is 6.08 Å². The zero-order valence-corrected chi connectivity index (χ0v) is 17.5. The van der Waals surface area contributed by atoms with Crippen molar-refractivity contribution in [2.45, 2.75) is 6.54 Å². The number of nitrogens with zero attached hydrogens (tertiary/aromatic N) is 3. The van der Waals surface area contributed by atoms with Crippen molar-refractivity contribution in [2.24, 2.45) is 10.2 Å². The van der Waals surface area contributed by atoms with Gasteiger partial charge in [0.25, 0.3) is 5.91 Å². The van der Waals surface area contributed by atoms with Crippen molar-refractivity contribution < 1.29 is 18.7 Å². The highest BCUT2D eigenvalue weighted by atomic mass is 35.5. The van der Waals surface area contributed by atoms with E-state index in [9.17, 15) is 14.3 Å². The van der Waals surface area contributed by atoms with E-state index < -0.39 is 5.82 Å². The van der Waals surface area contributed by atoms with E-state index in [-0.39, 0.29) is 23.8 Å². The number of aromatic hydroxyl groups is 1. The summed E-state index contributed by atoms with van der Waals surface area (Å²) in [7, 11) is 0. The lowest BCUT2D eigenvalue weighted by Gasteiger charge is -2.12. The number of amides is 1. The van der Waals surface area contributed by atoms with E-state index in [4.69, 9.17) is 16.0 Å². The molecule has 2 heterocycles. The number of hydrogen-bond acceptors (Lipinski definition) is 6. The first-order valence-electron chi connectivity index (χ1n) is 9.09. The van der Waals surface area contributed by atoms with Crippen LogP contribution in [0.4, 0.5) is 4.39 Å². The molecule has 156 valence electrons. The van der Waals surface area contributed by atoms with E-state index in [1.54, 1.807) is 42.5 Å². The van der Waals surface area contributed by atoms with Gasteiger partial charge in [-0.1, -0.05) is 29.8 Å². The lowest BCUT2D eigenvalue weighted by molar-refractivity contribution is -0.122. The second-order valence-electron chi connectivity index (χ2n) is 6.43. The fourth-order valence-electron chi connectivity index (χ4n) is 2.78. The summed E-state index contributed by atoms with van der Waals surface area (Å²) in [5.74, 6) is -0.205. The van der Waals surface area contributed by atoms with Gasteiger partial charge in [0.1, 0.15) is 17.3 Å². The third-order valence-corrected chi connectivity index (χ3v) is 5.54. The molecule has 31 heavy (non-hydrogen) atoms. The van der Waals surface area contributed by atoms with Crippen LogP contribution in [0, 0.1) is 5.82 Å². The van der Waals surface area contributed by atoms with Crippen molar-refractivity contribution in [3.63, 3.8) is 0 Å². The van der Waals surface area contributed by atoms with E-state index in [2.05, 4.69) is 10.2 Å². The minimum absolute atomic E-state index is 0.00848. The number of benzene rings is 2.